The SMILES string of the molecule is CCCCOc1cccc(C(=O)c2c(C)c(C#N)c(=O)n(CC)c2O)c1. The number of ether oxygens (including phenoxy) is 1. The highest BCUT2D eigenvalue weighted by Crippen LogP contribution is 2.26. The van der Waals surface area contributed by atoms with Crippen molar-refractivity contribution in [3.63, 3.8) is 0 Å². The molecule has 0 saturated heterocycles. The third kappa shape index (κ3) is 3.62. The molecular formula is C20H22N2O4. The van der Waals surface area contributed by atoms with E-state index in [1.54, 1.807) is 31.2 Å². The van der Waals surface area contributed by atoms with Crippen molar-refractivity contribution in [3.8, 4) is 17.7 Å². The van der Waals surface area contributed by atoms with Gasteiger partial charge in [-0.1, -0.05) is 25.5 Å². The average Bonchev–Trinajstić information content (AvgIpc) is 2.63. The van der Waals surface area contributed by atoms with E-state index in [9.17, 15) is 20.0 Å². The highest BCUT2D eigenvalue weighted by molar-refractivity contribution is 6.11. The van der Waals surface area contributed by atoms with Gasteiger partial charge in [-0.25, -0.2) is 0 Å². The molecule has 0 atom stereocenters. The normalized spacial score (nSPS) is 10.4. The van der Waals surface area contributed by atoms with Gasteiger partial charge in [-0.2, -0.15) is 5.26 Å². The number of carbonyl (C=O) groups is 1. The summed E-state index contributed by atoms with van der Waals surface area (Å²) in [4.78, 5) is 25.2. The molecule has 6 nitrogen and oxygen atoms in total. The van der Waals surface area contributed by atoms with Crippen LogP contribution in [0, 0.1) is 18.3 Å². The Morgan fingerprint density at radius 1 is 1.35 bits per heavy atom. The molecule has 1 aromatic carbocycles. The van der Waals surface area contributed by atoms with Crippen LogP contribution in [0.5, 0.6) is 11.6 Å². The van der Waals surface area contributed by atoms with Gasteiger partial charge in [-0.05, 0) is 38.0 Å². The molecule has 0 unspecified atom stereocenters. The predicted octanol–water partition coefficient (Wildman–Crippen LogP) is 3.16. The molecule has 0 spiro atoms. The number of pyridine rings is 1. The zero-order chi connectivity index (χ0) is 19.3. The van der Waals surface area contributed by atoms with Crippen LogP contribution in [0.2, 0.25) is 0 Å². The fourth-order valence-corrected chi connectivity index (χ4v) is 2.72. The highest BCUT2D eigenvalue weighted by atomic mass is 16.5. The van der Waals surface area contributed by atoms with Crippen molar-refractivity contribution in [2.45, 2.75) is 40.2 Å². The molecule has 2 aromatic rings. The summed E-state index contributed by atoms with van der Waals surface area (Å²) < 4.78 is 6.65. The van der Waals surface area contributed by atoms with Gasteiger partial charge >= 0.3 is 0 Å². The Morgan fingerprint density at radius 2 is 2.08 bits per heavy atom. The first-order valence-corrected chi connectivity index (χ1v) is 8.60. The molecule has 1 heterocycles. The number of carbonyl (C=O) groups excluding carboxylic acids is 1. The topological polar surface area (TPSA) is 92.3 Å². The van der Waals surface area contributed by atoms with Gasteiger partial charge in [0.1, 0.15) is 17.4 Å². The molecule has 0 amide bonds. The van der Waals surface area contributed by atoms with Crippen LogP contribution in [0.15, 0.2) is 29.1 Å². The number of nitrogens with zero attached hydrogens (tertiary/aromatic N) is 2. The third-order valence-corrected chi connectivity index (χ3v) is 4.21. The Hall–Kier alpha value is -3.07. The summed E-state index contributed by atoms with van der Waals surface area (Å²) in [5.74, 6) is -0.318. The first-order valence-electron chi connectivity index (χ1n) is 8.60. The molecule has 136 valence electrons. The summed E-state index contributed by atoms with van der Waals surface area (Å²) in [6.07, 6.45) is 1.91. The van der Waals surface area contributed by atoms with Crippen LogP contribution in [0.25, 0.3) is 0 Å². The predicted molar refractivity (Wildman–Crippen MR) is 97.8 cm³/mol. The average molecular weight is 354 g/mol. The number of ketones is 1. The molecule has 0 aliphatic heterocycles. The van der Waals surface area contributed by atoms with Crippen LogP contribution < -0.4 is 10.3 Å². The molecule has 0 aliphatic rings. The number of rotatable bonds is 7. The van der Waals surface area contributed by atoms with Crippen LogP contribution in [0.3, 0.4) is 0 Å². The number of aromatic nitrogens is 1. The van der Waals surface area contributed by atoms with Gasteiger partial charge in [0.25, 0.3) is 5.56 Å². The van der Waals surface area contributed by atoms with Gasteiger partial charge in [0.05, 0.1) is 12.2 Å². The largest absolute Gasteiger partial charge is 0.494 e. The molecule has 0 fully saturated rings. The van der Waals surface area contributed by atoms with E-state index in [0.717, 1.165) is 17.4 Å². The van der Waals surface area contributed by atoms with E-state index in [-0.39, 0.29) is 23.2 Å². The van der Waals surface area contributed by atoms with Gasteiger partial charge in [-0.3, -0.25) is 14.2 Å². The summed E-state index contributed by atoms with van der Waals surface area (Å²) in [6, 6.07) is 8.50. The zero-order valence-electron chi connectivity index (χ0n) is 15.2. The zero-order valence-corrected chi connectivity index (χ0v) is 15.2. The monoisotopic (exact) mass is 354 g/mol. The van der Waals surface area contributed by atoms with Crippen LogP contribution in [0.4, 0.5) is 0 Å². The van der Waals surface area contributed by atoms with E-state index in [4.69, 9.17) is 4.74 Å². The van der Waals surface area contributed by atoms with Crippen molar-refractivity contribution in [2.75, 3.05) is 6.61 Å². The van der Waals surface area contributed by atoms with Crippen molar-refractivity contribution in [2.24, 2.45) is 0 Å². The van der Waals surface area contributed by atoms with Gasteiger partial charge in [0, 0.05) is 12.1 Å². The van der Waals surface area contributed by atoms with Gasteiger partial charge in [0.15, 0.2) is 5.78 Å². The van der Waals surface area contributed by atoms with Crippen LogP contribution in [-0.2, 0) is 6.54 Å². The van der Waals surface area contributed by atoms with E-state index in [1.165, 1.54) is 6.92 Å². The standard InChI is InChI=1S/C20H22N2O4/c1-4-6-10-26-15-9-7-8-14(11-15)18(23)17-13(3)16(12-21)19(24)22(5-2)20(17)25/h7-9,11,25H,4-6,10H2,1-3H3. The van der Waals surface area contributed by atoms with Crippen LogP contribution >= 0.6 is 0 Å². The second-order valence-electron chi connectivity index (χ2n) is 5.92. The lowest BCUT2D eigenvalue weighted by molar-refractivity contribution is 0.103. The third-order valence-electron chi connectivity index (χ3n) is 4.21. The number of unbranched alkanes of at least 4 members (excludes halogenated alkanes) is 1. The van der Waals surface area contributed by atoms with E-state index in [1.807, 2.05) is 6.07 Å². The maximum absolute atomic E-state index is 13.0. The van der Waals surface area contributed by atoms with Crippen molar-refractivity contribution in [1.82, 2.24) is 4.57 Å². The van der Waals surface area contributed by atoms with E-state index in [0.29, 0.717) is 17.9 Å². The summed E-state index contributed by atoms with van der Waals surface area (Å²) in [7, 11) is 0. The molecule has 0 bridgehead atoms. The molecule has 1 aromatic heterocycles. The second-order valence-corrected chi connectivity index (χ2v) is 5.92. The lowest BCUT2D eigenvalue weighted by Crippen LogP contribution is -2.26. The smallest absolute Gasteiger partial charge is 0.271 e. The first kappa shape index (κ1) is 19.3. The molecule has 0 radical (unpaired) electrons. The van der Waals surface area contributed by atoms with E-state index < -0.39 is 17.2 Å². The lowest BCUT2D eigenvalue weighted by atomic mass is 9.97. The quantitative estimate of drug-likeness (QED) is 0.609. The number of aromatic hydroxyl groups is 1. The van der Waals surface area contributed by atoms with Gasteiger partial charge in [0.2, 0.25) is 5.88 Å². The lowest BCUT2D eigenvalue weighted by Gasteiger charge is -2.14. The van der Waals surface area contributed by atoms with Crippen LogP contribution in [-0.4, -0.2) is 22.1 Å². The van der Waals surface area contributed by atoms with Gasteiger partial charge < -0.3 is 9.84 Å². The van der Waals surface area contributed by atoms with Crippen molar-refractivity contribution < 1.29 is 14.6 Å². The molecule has 0 aliphatic carbocycles. The summed E-state index contributed by atoms with van der Waals surface area (Å²) in [6.45, 7) is 5.92. The fourth-order valence-electron chi connectivity index (χ4n) is 2.72. The minimum Gasteiger partial charge on any atom is -0.494 e. The summed E-state index contributed by atoms with van der Waals surface area (Å²) in [5, 5.41) is 19.7. The van der Waals surface area contributed by atoms with E-state index >= 15 is 0 Å². The minimum atomic E-state index is -0.599. The second kappa shape index (κ2) is 8.34. The summed E-state index contributed by atoms with van der Waals surface area (Å²) >= 11 is 0. The Kier molecular flexibility index (Phi) is 6.18. The number of nitriles is 1. The Bertz CT molecular complexity index is 923. The maximum Gasteiger partial charge on any atom is 0.271 e. The molecule has 1 N–H and O–H groups in total. The minimum absolute atomic E-state index is 0.0336. The number of hydrogen-bond donors (Lipinski definition) is 1. The molecule has 2 rings (SSSR count). The Balaban J connectivity index is 2.53. The highest BCUT2D eigenvalue weighted by Gasteiger charge is 2.24. The Labute approximate surface area is 152 Å². The first-order chi connectivity index (χ1) is 12.5. The summed E-state index contributed by atoms with van der Waals surface area (Å²) in [5.41, 5.74) is -0.264. The number of benzene rings is 1. The fraction of sp³-hybridized carbons (Fsp3) is 0.350. The number of hydrogen-bond acceptors (Lipinski definition) is 5. The van der Waals surface area contributed by atoms with Crippen molar-refractivity contribution in [1.29, 1.82) is 5.26 Å². The van der Waals surface area contributed by atoms with Gasteiger partial charge in [-0.15, -0.1) is 0 Å². The van der Waals surface area contributed by atoms with Crippen LogP contribution in [0.1, 0.15) is 53.7 Å². The Morgan fingerprint density at radius 3 is 2.69 bits per heavy atom. The molecule has 0 saturated carbocycles. The molecular weight excluding hydrogens is 332 g/mol. The molecule has 26 heavy (non-hydrogen) atoms. The molecule has 6 heteroatoms. The van der Waals surface area contributed by atoms with Crippen molar-refractivity contribution >= 4 is 5.78 Å². The van der Waals surface area contributed by atoms with Crippen molar-refractivity contribution in [3.05, 3.63) is 56.9 Å². The maximum atomic E-state index is 13.0. The van der Waals surface area contributed by atoms with E-state index in [2.05, 4.69) is 6.92 Å².